The quantitative estimate of drug-likeness (QED) is 0.252. The van der Waals surface area contributed by atoms with Crippen LogP contribution in [-0.2, 0) is 16.1 Å². The Balaban J connectivity index is 1.59. The summed E-state index contributed by atoms with van der Waals surface area (Å²) >= 11 is 13.5. The van der Waals surface area contributed by atoms with Gasteiger partial charge in [-0.1, -0.05) is 70.9 Å². The zero-order chi connectivity index (χ0) is 28.4. The summed E-state index contributed by atoms with van der Waals surface area (Å²) in [7, 11) is 0. The van der Waals surface area contributed by atoms with Crippen LogP contribution in [0.4, 0.5) is 4.39 Å². The van der Waals surface area contributed by atoms with Crippen molar-refractivity contribution >= 4 is 46.6 Å². The number of carbonyl (C=O) groups is 1. The van der Waals surface area contributed by atoms with Gasteiger partial charge in [0.15, 0.2) is 4.80 Å². The van der Waals surface area contributed by atoms with Crippen LogP contribution in [0, 0.1) is 5.82 Å². The number of allylic oxidation sites excluding steroid dienone is 1. The number of nitrogens with zero attached hydrogens (tertiary/aromatic N) is 2. The summed E-state index contributed by atoms with van der Waals surface area (Å²) in [6.07, 6.45) is 1.73. The zero-order valence-corrected chi connectivity index (χ0v) is 23.8. The highest BCUT2D eigenvalue weighted by Gasteiger charge is 2.33. The Morgan fingerprint density at radius 2 is 1.88 bits per heavy atom. The maximum Gasteiger partial charge on any atom is 0.338 e. The Hall–Kier alpha value is -3.72. The van der Waals surface area contributed by atoms with Crippen LogP contribution in [0.3, 0.4) is 0 Å². The van der Waals surface area contributed by atoms with Crippen molar-refractivity contribution in [2.24, 2.45) is 4.99 Å². The molecule has 3 aromatic carbocycles. The van der Waals surface area contributed by atoms with Gasteiger partial charge in [0, 0.05) is 21.2 Å². The van der Waals surface area contributed by atoms with Crippen LogP contribution >= 0.6 is 34.5 Å². The second kappa shape index (κ2) is 11.8. The maximum atomic E-state index is 13.8. The number of esters is 1. The average Bonchev–Trinajstić information content (AvgIpc) is 3.23. The lowest BCUT2D eigenvalue weighted by Crippen LogP contribution is -2.39. The van der Waals surface area contributed by atoms with Gasteiger partial charge in [-0.2, -0.15) is 0 Å². The van der Waals surface area contributed by atoms with Gasteiger partial charge in [0.25, 0.3) is 5.56 Å². The molecule has 40 heavy (non-hydrogen) atoms. The fraction of sp³-hybridized carbons (Fsp3) is 0.167. The van der Waals surface area contributed by atoms with Crippen LogP contribution < -0.4 is 19.6 Å². The van der Waals surface area contributed by atoms with Crippen LogP contribution in [0.15, 0.2) is 87.8 Å². The third-order valence-corrected chi connectivity index (χ3v) is 7.88. The molecular weight excluding hydrogens is 574 g/mol. The van der Waals surface area contributed by atoms with Crippen LogP contribution in [-0.4, -0.2) is 17.1 Å². The molecule has 0 N–H and O–H groups in total. The molecule has 10 heteroatoms. The number of carbonyl (C=O) groups excluding carboxylic acids is 1. The molecule has 0 bridgehead atoms. The average molecular weight is 597 g/mol. The summed E-state index contributed by atoms with van der Waals surface area (Å²) < 4.78 is 27.0. The van der Waals surface area contributed by atoms with Crippen molar-refractivity contribution in [1.82, 2.24) is 4.57 Å². The summed E-state index contributed by atoms with van der Waals surface area (Å²) in [5, 5.41) is 1.02. The third-order valence-electron chi connectivity index (χ3n) is 6.31. The van der Waals surface area contributed by atoms with Crippen LogP contribution in [0.2, 0.25) is 10.0 Å². The monoisotopic (exact) mass is 596 g/mol. The Morgan fingerprint density at radius 3 is 2.60 bits per heavy atom. The number of aromatic nitrogens is 1. The van der Waals surface area contributed by atoms with Crippen LogP contribution in [0.25, 0.3) is 6.08 Å². The summed E-state index contributed by atoms with van der Waals surface area (Å²) in [6.45, 7) is 3.77. The summed E-state index contributed by atoms with van der Waals surface area (Å²) in [5.74, 6) is -0.448. The molecule has 0 amide bonds. The van der Waals surface area contributed by atoms with E-state index in [9.17, 15) is 14.0 Å². The van der Waals surface area contributed by atoms with Gasteiger partial charge in [-0.05, 0) is 55.8 Å². The van der Waals surface area contributed by atoms with Gasteiger partial charge in [-0.3, -0.25) is 9.36 Å². The number of hydrogen-bond acceptors (Lipinski definition) is 6. The van der Waals surface area contributed by atoms with E-state index in [2.05, 4.69) is 4.99 Å². The smallest absolute Gasteiger partial charge is 0.338 e. The van der Waals surface area contributed by atoms with E-state index in [1.165, 1.54) is 28.0 Å². The molecule has 1 aliphatic rings. The first-order chi connectivity index (χ1) is 19.3. The minimum atomic E-state index is -0.823. The van der Waals surface area contributed by atoms with E-state index < -0.39 is 17.8 Å². The SMILES string of the molecule is CCOC(=O)C1=C(C)N=c2s/c(=C/c3ccccc3OCc3ccc(Cl)cc3Cl)c(=O)n2[C@H]1c1ccc(F)cc1. The molecule has 0 saturated heterocycles. The first-order valence-electron chi connectivity index (χ1n) is 12.4. The Kier molecular flexibility index (Phi) is 8.21. The largest absolute Gasteiger partial charge is 0.488 e. The normalized spacial score (nSPS) is 15.0. The molecule has 204 valence electrons. The van der Waals surface area contributed by atoms with Gasteiger partial charge >= 0.3 is 5.97 Å². The van der Waals surface area contributed by atoms with Crippen molar-refractivity contribution in [2.75, 3.05) is 6.61 Å². The molecule has 0 saturated carbocycles. The molecule has 4 aromatic rings. The van der Waals surface area contributed by atoms with Gasteiger partial charge in [0.2, 0.25) is 0 Å². The van der Waals surface area contributed by atoms with Gasteiger partial charge in [0.05, 0.1) is 28.5 Å². The lowest BCUT2D eigenvalue weighted by molar-refractivity contribution is -0.139. The topological polar surface area (TPSA) is 69.9 Å². The predicted octanol–water partition coefficient (Wildman–Crippen LogP) is 5.82. The second-order valence-electron chi connectivity index (χ2n) is 8.92. The number of halogens is 3. The van der Waals surface area contributed by atoms with Crippen molar-refractivity contribution in [3.63, 3.8) is 0 Å². The van der Waals surface area contributed by atoms with Gasteiger partial charge in [-0.25, -0.2) is 14.2 Å². The Bertz CT molecular complexity index is 1810. The van der Waals surface area contributed by atoms with E-state index in [0.29, 0.717) is 42.0 Å². The highest BCUT2D eigenvalue weighted by atomic mass is 35.5. The standard InChI is InChI=1S/C30H23Cl2FN2O4S/c1-3-38-29(37)26-17(2)34-30-35(27(26)18-9-12-22(33)13-10-18)28(36)25(40-30)14-19-6-4-5-7-24(19)39-16-20-8-11-21(31)15-23(20)32/h4-15,27H,3,16H2,1-2H3/b25-14+/t27-/m0/s1. The number of thiazole rings is 1. The molecule has 0 spiro atoms. The zero-order valence-electron chi connectivity index (χ0n) is 21.5. The van der Waals surface area contributed by atoms with E-state index in [1.807, 2.05) is 18.2 Å². The van der Waals surface area contributed by atoms with E-state index in [1.54, 1.807) is 56.3 Å². The first-order valence-corrected chi connectivity index (χ1v) is 13.9. The molecule has 0 radical (unpaired) electrons. The third kappa shape index (κ3) is 5.61. The molecular formula is C30H23Cl2FN2O4S. The van der Waals surface area contributed by atoms with Gasteiger partial charge in [-0.15, -0.1) is 0 Å². The number of benzene rings is 3. The molecule has 5 rings (SSSR count). The van der Waals surface area contributed by atoms with Crippen molar-refractivity contribution in [1.29, 1.82) is 0 Å². The summed E-state index contributed by atoms with van der Waals surface area (Å²) in [4.78, 5) is 31.8. The van der Waals surface area contributed by atoms with E-state index >= 15 is 0 Å². The fourth-order valence-electron chi connectivity index (χ4n) is 4.42. The van der Waals surface area contributed by atoms with Crippen molar-refractivity contribution < 1.29 is 18.7 Å². The first kappa shape index (κ1) is 27.8. The maximum absolute atomic E-state index is 13.8. The highest BCUT2D eigenvalue weighted by molar-refractivity contribution is 7.07. The molecule has 1 atom stereocenters. The predicted molar refractivity (Wildman–Crippen MR) is 154 cm³/mol. The molecule has 2 heterocycles. The number of hydrogen-bond donors (Lipinski definition) is 0. The number of para-hydroxylation sites is 1. The molecule has 1 aliphatic heterocycles. The molecule has 6 nitrogen and oxygen atoms in total. The summed E-state index contributed by atoms with van der Waals surface area (Å²) in [5.41, 5.74) is 2.33. The fourth-order valence-corrected chi connectivity index (χ4v) is 5.92. The Labute approximate surface area is 243 Å². The summed E-state index contributed by atoms with van der Waals surface area (Å²) in [6, 6.07) is 17.4. The van der Waals surface area contributed by atoms with Crippen molar-refractivity contribution in [2.45, 2.75) is 26.5 Å². The van der Waals surface area contributed by atoms with E-state index in [4.69, 9.17) is 32.7 Å². The minimum Gasteiger partial charge on any atom is -0.488 e. The van der Waals surface area contributed by atoms with Crippen LogP contribution in [0.5, 0.6) is 5.75 Å². The van der Waals surface area contributed by atoms with Crippen molar-refractivity contribution in [3.8, 4) is 5.75 Å². The minimum absolute atomic E-state index is 0.161. The lowest BCUT2D eigenvalue weighted by atomic mass is 9.96. The number of rotatable bonds is 7. The number of ether oxygens (including phenoxy) is 2. The second-order valence-corrected chi connectivity index (χ2v) is 10.8. The Morgan fingerprint density at radius 1 is 1.12 bits per heavy atom. The van der Waals surface area contributed by atoms with Gasteiger partial charge in [0.1, 0.15) is 18.2 Å². The van der Waals surface area contributed by atoms with Crippen molar-refractivity contribution in [3.05, 3.63) is 130 Å². The molecule has 1 aromatic heterocycles. The number of fused-ring (bicyclic) bond motifs is 1. The highest BCUT2D eigenvalue weighted by Crippen LogP contribution is 2.31. The molecule has 0 aliphatic carbocycles. The molecule has 0 fully saturated rings. The van der Waals surface area contributed by atoms with Gasteiger partial charge < -0.3 is 9.47 Å². The van der Waals surface area contributed by atoms with Crippen LogP contribution in [0.1, 0.15) is 36.6 Å². The van der Waals surface area contributed by atoms with E-state index in [-0.39, 0.29) is 24.3 Å². The lowest BCUT2D eigenvalue weighted by Gasteiger charge is -2.24. The van der Waals surface area contributed by atoms with E-state index in [0.717, 1.165) is 5.56 Å². The molecule has 0 unspecified atom stereocenters.